The van der Waals surface area contributed by atoms with E-state index in [4.69, 9.17) is 9.47 Å². The zero-order chi connectivity index (χ0) is 22.7. The van der Waals surface area contributed by atoms with E-state index in [1.54, 1.807) is 23.5 Å². The molecule has 1 aromatic carbocycles. The molecule has 1 atom stereocenters. The van der Waals surface area contributed by atoms with Gasteiger partial charge >= 0.3 is 0 Å². The Kier molecular flexibility index (Phi) is 4.42. The van der Waals surface area contributed by atoms with Crippen LogP contribution in [-0.2, 0) is 6.54 Å². The normalized spacial score (nSPS) is 16.8. The second-order valence-electron chi connectivity index (χ2n) is 8.12. The van der Waals surface area contributed by atoms with Crippen LogP contribution < -0.4 is 14.8 Å². The van der Waals surface area contributed by atoms with Crippen molar-refractivity contribution >= 4 is 11.5 Å². The van der Waals surface area contributed by atoms with Crippen molar-refractivity contribution in [3.05, 3.63) is 65.0 Å². The second kappa shape index (κ2) is 7.36. The minimum Gasteiger partial charge on any atom is -0.493 e. The first-order valence-corrected chi connectivity index (χ1v) is 10.4. The molecule has 5 heterocycles. The maximum Gasteiger partial charge on any atom is 0.264 e. The van der Waals surface area contributed by atoms with E-state index in [0.29, 0.717) is 46.4 Å². The van der Waals surface area contributed by atoms with Crippen molar-refractivity contribution < 1.29 is 22.6 Å². The second-order valence-corrected chi connectivity index (χ2v) is 8.12. The van der Waals surface area contributed by atoms with Crippen LogP contribution in [0.15, 0.2) is 36.8 Å². The third kappa shape index (κ3) is 3.08. The fourth-order valence-electron chi connectivity index (χ4n) is 4.57. The van der Waals surface area contributed by atoms with Gasteiger partial charge < -0.3 is 14.8 Å². The number of aryl methyl sites for hydroxylation is 1. The van der Waals surface area contributed by atoms with Gasteiger partial charge in [-0.25, -0.2) is 13.2 Å². The number of benzene rings is 1. The van der Waals surface area contributed by atoms with Crippen LogP contribution in [0.25, 0.3) is 16.8 Å². The van der Waals surface area contributed by atoms with Gasteiger partial charge in [0.15, 0.2) is 17.2 Å². The molecule has 6 rings (SSSR count). The Hall–Kier alpha value is -3.82. The zero-order valence-electron chi connectivity index (χ0n) is 17.5. The number of hydrogen-bond acceptors (Lipinski definition) is 6. The summed E-state index contributed by atoms with van der Waals surface area (Å²) in [5.74, 6) is 1.09. The van der Waals surface area contributed by atoms with Crippen LogP contribution in [0.2, 0.25) is 0 Å². The standard InChI is InChI=1S/C23H18F3N5O2/c1-11-4-13(21(25)26)15(6-27-11)14-5-19-23(31-10-29-30-22(14)31)28-7-16-17(24)2-3-18-20(16)12(8-32-18)9-33-19/h2-6,10,12,21,28H,7-9H2,1H3/t12-/m1/s1. The lowest BCUT2D eigenvalue weighted by Gasteiger charge is -2.17. The first kappa shape index (κ1) is 19.8. The molecule has 33 heavy (non-hydrogen) atoms. The number of halogens is 3. The van der Waals surface area contributed by atoms with Gasteiger partial charge in [-0.15, -0.1) is 10.2 Å². The van der Waals surface area contributed by atoms with E-state index in [1.807, 2.05) is 0 Å². The molecule has 0 saturated heterocycles. The number of aromatic nitrogens is 4. The van der Waals surface area contributed by atoms with Crippen LogP contribution in [0.3, 0.4) is 0 Å². The largest absolute Gasteiger partial charge is 0.493 e. The molecule has 0 spiro atoms. The predicted octanol–water partition coefficient (Wildman–Crippen LogP) is 4.66. The molecule has 0 amide bonds. The summed E-state index contributed by atoms with van der Waals surface area (Å²) in [6, 6.07) is 6.05. The molecule has 1 N–H and O–H groups in total. The highest BCUT2D eigenvalue weighted by atomic mass is 19.3. The Bertz CT molecular complexity index is 1400. The molecule has 0 aliphatic carbocycles. The maximum atomic E-state index is 14.7. The highest BCUT2D eigenvalue weighted by molar-refractivity contribution is 5.83. The van der Waals surface area contributed by atoms with Gasteiger partial charge in [0.1, 0.15) is 17.9 Å². The topological polar surface area (TPSA) is 73.6 Å². The summed E-state index contributed by atoms with van der Waals surface area (Å²) in [6.45, 7) is 2.46. The highest BCUT2D eigenvalue weighted by Crippen LogP contribution is 2.42. The number of hydrogen-bond donors (Lipinski definition) is 1. The van der Waals surface area contributed by atoms with Crippen LogP contribution in [0.5, 0.6) is 11.5 Å². The Labute approximate surface area is 186 Å². The summed E-state index contributed by atoms with van der Waals surface area (Å²) in [6.07, 6.45) is 0.189. The van der Waals surface area contributed by atoms with Crippen LogP contribution in [0.1, 0.15) is 34.7 Å². The molecule has 0 fully saturated rings. The van der Waals surface area contributed by atoms with Gasteiger partial charge in [0.2, 0.25) is 0 Å². The number of ether oxygens (including phenoxy) is 2. The number of pyridine rings is 2. The van der Waals surface area contributed by atoms with E-state index in [2.05, 4.69) is 20.5 Å². The number of nitrogens with one attached hydrogen (secondary N) is 1. The van der Waals surface area contributed by atoms with E-state index < -0.39 is 6.43 Å². The molecule has 2 aliphatic rings. The van der Waals surface area contributed by atoms with Gasteiger partial charge in [-0.2, -0.15) is 0 Å². The number of anilines is 1. The molecule has 0 saturated carbocycles. The van der Waals surface area contributed by atoms with Gasteiger partial charge in [-0.05, 0) is 31.2 Å². The summed E-state index contributed by atoms with van der Waals surface area (Å²) < 4.78 is 56.0. The molecule has 168 valence electrons. The molecule has 0 bridgehead atoms. The maximum absolute atomic E-state index is 14.7. The van der Waals surface area contributed by atoms with Crippen LogP contribution >= 0.6 is 0 Å². The highest BCUT2D eigenvalue weighted by Gasteiger charge is 2.32. The van der Waals surface area contributed by atoms with E-state index in [0.717, 1.165) is 5.56 Å². The molecule has 7 nitrogen and oxygen atoms in total. The molecular formula is C23H18F3N5O2. The first-order valence-electron chi connectivity index (χ1n) is 10.4. The first-order chi connectivity index (χ1) is 16.0. The molecule has 0 unspecified atom stereocenters. The minimum absolute atomic E-state index is 0.147. The third-order valence-corrected chi connectivity index (χ3v) is 6.12. The lowest BCUT2D eigenvalue weighted by atomic mass is 9.96. The summed E-state index contributed by atoms with van der Waals surface area (Å²) in [5, 5.41) is 11.4. The average molecular weight is 453 g/mol. The molecule has 3 aromatic heterocycles. The Balaban J connectivity index is 1.53. The molecular weight excluding hydrogens is 435 g/mol. The van der Waals surface area contributed by atoms with Crippen LogP contribution in [0, 0.1) is 12.7 Å². The van der Waals surface area contributed by atoms with Gasteiger partial charge in [-0.1, -0.05) is 0 Å². The average Bonchev–Trinajstić information content (AvgIpc) is 3.45. The van der Waals surface area contributed by atoms with Crippen molar-refractivity contribution in [3.8, 4) is 22.6 Å². The fraction of sp³-hybridized carbons (Fsp3) is 0.261. The van der Waals surface area contributed by atoms with Crippen molar-refractivity contribution in [3.63, 3.8) is 0 Å². The number of alkyl halides is 2. The van der Waals surface area contributed by atoms with Gasteiger partial charge in [0.05, 0.1) is 19.1 Å². The zero-order valence-corrected chi connectivity index (χ0v) is 17.5. The van der Waals surface area contributed by atoms with Crippen molar-refractivity contribution in [1.82, 2.24) is 19.6 Å². The summed E-state index contributed by atoms with van der Waals surface area (Å²) in [7, 11) is 0. The number of fused-ring (bicyclic) bond motifs is 3. The van der Waals surface area contributed by atoms with E-state index >= 15 is 0 Å². The Morgan fingerprint density at radius 3 is 2.76 bits per heavy atom. The minimum atomic E-state index is -2.69. The Morgan fingerprint density at radius 2 is 1.94 bits per heavy atom. The van der Waals surface area contributed by atoms with Crippen molar-refractivity contribution in [2.75, 3.05) is 18.5 Å². The third-order valence-electron chi connectivity index (χ3n) is 6.12. The van der Waals surface area contributed by atoms with Crippen LogP contribution in [-0.4, -0.2) is 32.8 Å². The smallest absolute Gasteiger partial charge is 0.264 e. The molecule has 4 aromatic rings. The van der Waals surface area contributed by atoms with Crippen molar-refractivity contribution in [2.45, 2.75) is 25.8 Å². The lowest BCUT2D eigenvalue weighted by molar-refractivity contribution is 0.152. The van der Waals surface area contributed by atoms with Crippen molar-refractivity contribution in [1.29, 1.82) is 0 Å². The summed E-state index contributed by atoms with van der Waals surface area (Å²) in [4.78, 5) is 4.21. The quantitative estimate of drug-likeness (QED) is 0.476. The molecule has 0 radical (unpaired) electrons. The SMILES string of the molecule is Cc1cc(C(F)F)c(-c2cc3c(n4cnnc24)NCc2c(F)ccc4c2[C@H](CO4)CO3)cn1. The predicted molar refractivity (Wildman–Crippen MR) is 113 cm³/mol. The molecule has 10 heteroatoms. The van der Waals surface area contributed by atoms with Crippen LogP contribution in [0.4, 0.5) is 19.0 Å². The summed E-state index contributed by atoms with van der Waals surface area (Å²) in [5.41, 5.74) is 2.68. The summed E-state index contributed by atoms with van der Waals surface area (Å²) >= 11 is 0. The van der Waals surface area contributed by atoms with Gasteiger partial charge in [0.25, 0.3) is 6.43 Å². The fourth-order valence-corrected chi connectivity index (χ4v) is 4.57. The van der Waals surface area contributed by atoms with E-state index in [9.17, 15) is 13.2 Å². The lowest BCUT2D eigenvalue weighted by Crippen LogP contribution is -2.13. The Morgan fingerprint density at radius 1 is 1.12 bits per heavy atom. The number of rotatable bonds is 2. The number of nitrogens with zero attached hydrogens (tertiary/aromatic N) is 4. The van der Waals surface area contributed by atoms with E-state index in [-0.39, 0.29) is 36.0 Å². The molecule has 2 aliphatic heterocycles. The van der Waals surface area contributed by atoms with Gasteiger partial charge in [0, 0.05) is 46.3 Å². The van der Waals surface area contributed by atoms with Gasteiger partial charge in [-0.3, -0.25) is 9.38 Å². The van der Waals surface area contributed by atoms with Crippen molar-refractivity contribution in [2.24, 2.45) is 0 Å². The monoisotopic (exact) mass is 453 g/mol. The van der Waals surface area contributed by atoms with E-state index in [1.165, 1.54) is 24.7 Å².